The normalized spacial score (nSPS) is 12.0. The van der Waals surface area contributed by atoms with Crippen molar-refractivity contribution in [3.05, 3.63) is 64.0 Å². The third kappa shape index (κ3) is 3.10. The predicted octanol–water partition coefficient (Wildman–Crippen LogP) is 3.68. The molecular formula is C19H10I2N2O2S. The number of aromatic nitrogens is 2. The predicted molar refractivity (Wildman–Crippen MR) is 122 cm³/mol. The van der Waals surface area contributed by atoms with E-state index in [0.717, 1.165) is 23.7 Å². The van der Waals surface area contributed by atoms with Gasteiger partial charge in [0.2, 0.25) is 0 Å². The first-order valence-corrected chi connectivity index (χ1v) is 10.5. The maximum atomic E-state index is 12.9. The molecule has 0 aliphatic heterocycles. The molecular weight excluding hydrogens is 574 g/mol. The summed E-state index contributed by atoms with van der Waals surface area (Å²) in [7, 11) is 0. The van der Waals surface area contributed by atoms with Gasteiger partial charge in [0, 0.05) is 9.13 Å². The van der Waals surface area contributed by atoms with Crippen molar-refractivity contribution in [1.82, 2.24) is 9.38 Å². The standard InChI is InChI=1S/C19H10I2N2O2S/c1-2-7-25-17-11(8-12(20)10-13(17)21)9-16-18(24)23-15-6-4-3-5-14(15)22-19(23)26-16/h1,3-6,8-10H,7H2. The Kier molecular flexibility index (Phi) is 4.90. The highest BCUT2D eigenvalue weighted by molar-refractivity contribution is 14.1. The van der Waals surface area contributed by atoms with Crippen LogP contribution in [0.2, 0.25) is 0 Å². The third-order valence-corrected chi connectivity index (χ3v) is 6.16. The summed E-state index contributed by atoms with van der Waals surface area (Å²) in [6.07, 6.45) is 7.18. The molecule has 4 rings (SSSR count). The number of imidazole rings is 1. The number of hydrogen-bond acceptors (Lipinski definition) is 4. The molecule has 4 nitrogen and oxygen atoms in total. The first-order valence-electron chi connectivity index (χ1n) is 7.55. The molecule has 0 aliphatic carbocycles. The number of halogens is 2. The number of nitrogens with zero attached hydrogens (tertiary/aromatic N) is 2. The minimum absolute atomic E-state index is 0.0736. The van der Waals surface area contributed by atoms with Gasteiger partial charge in [-0.05, 0) is 75.5 Å². The van der Waals surface area contributed by atoms with Gasteiger partial charge in [-0.2, -0.15) is 0 Å². The fourth-order valence-corrected chi connectivity index (χ4v) is 5.73. The Bertz CT molecular complexity index is 1300. The summed E-state index contributed by atoms with van der Waals surface area (Å²) in [6, 6.07) is 11.6. The fraction of sp³-hybridized carbons (Fsp3) is 0.0526. The molecule has 7 heteroatoms. The van der Waals surface area contributed by atoms with E-state index in [2.05, 4.69) is 56.1 Å². The van der Waals surface area contributed by atoms with Gasteiger partial charge < -0.3 is 4.74 Å². The van der Waals surface area contributed by atoms with E-state index in [1.807, 2.05) is 42.5 Å². The van der Waals surface area contributed by atoms with Crippen LogP contribution in [0.25, 0.3) is 22.1 Å². The lowest BCUT2D eigenvalue weighted by Crippen LogP contribution is -2.22. The van der Waals surface area contributed by atoms with E-state index < -0.39 is 0 Å². The average molecular weight is 584 g/mol. The van der Waals surface area contributed by atoms with E-state index in [1.165, 1.54) is 11.3 Å². The lowest BCUT2D eigenvalue weighted by Gasteiger charge is -2.09. The third-order valence-electron chi connectivity index (χ3n) is 3.77. The number of terminal acetylenes is 1. The molecule has 0 N–H and O–H groups in total. The van der Waals surface area contributed by atoms with Gasteiger partial charge in [0.15, 0.2) is 4.96 Å². The number of ether oxygens (including phenoxy) is 1. The van der Waals surface area contributed by atoms with Crippen LogP contribution in [0.1, 0.15) is 5.56 Å². The SMILES string of the molecule is C#CCOc1c(I)cc(I)cc1C=c1sc2nc3ccccc3n2c1=O. The van der Waals surface area contributed by atoms with Crippen molar-refractivity contribution in [1.29, 1.82) is 0 Å². The average Bonchev–Trinajstić information content (AvgIpc) is 3.11. The zero-order valence-corrected chi connectivity index (χ0v) is 18.3. The van der Waals surface area contributed by atoms with Crippen molar-refractivity contribution in [2.24, 2.45) is 0 Å². The number of para-hydroxylation sites is 2. The molecule has 0 atom stereocenters. The largest absolute Gasteiger partial charge is 0.479 e. The lowest BCUT2D eigenvalue weighted by atomic mass is 10.2. The Hall–Kier alpha value is -1.64. The second-order valence-corrected chi connectivity index (χ2v) is 8.85. The monoisotopic (exact) mass is 584 g/mol. The molecule has 2 heterocycles. The molecule has 0 radical (unpaired) electrons. The highest BCUT2D eigenvalue weighted by Gasteiger charge is 2.13. The van der Waals surface area contributed by atoms with Crippen LogP contribution in [-0.2, 0) is 0 Å². The Morgan fingerprint density at radius 3 is 2.92 bits per heavy atom. The fourth-order valence-electron chi connectivity index (χ4n) is 2.71. The summed E-state index contributed by atoms with van der Waals surface area (Å²) >= 11 is 5.84. The molecule has 0 bridgehead atoms. The summed E-state index contributed by atoms with van der Waals surface area (Å²) < 4.78 is 10.00. The van der Waals surface area contributed by atoms with Crippen LogP contribution in [0.15, 0.2) is 41.2 Å². The summed E-state index contributed by atoms with van der Waals surface area (Å²) in [5, 5.41) is 0. The van der Waals surface area contributed by atoms with Crippen molar-refractivity contribution >= 4 is 78.6 Å². The lowest BCUT2D eigenvalue weighted by molar-refractivity contribution is 0.367. The molecule has 0 amide bonds. The van der Waals surface area contributed by atoms with Crippen LogP contribution in [0, 0.1) is 19.5 Å². The number of fused-ring (bicyclic) bond motifs is 3. The zero-order valence-electron chi connectivity index (χ0n) is 13.2. The van der Waals surface area contributed by atoms with Gasteiger partial charge in [-0.15, -0.1) is 6.42 Å². The highest BCUT2D eigenvalue weighted by atomic mass is 127. The second-order valence-electron chi connectivity index (χ2n) is 5.43. The van der Waals surface area contributed by atoms with Crippen molar-refractivity contribution in [2.45, 2.75) is 0 Å². The molecule has 0 fully saturated rings. The maximum absolute atomic E-state index is 12.9. The van der Waals surface area contributed by atoms with Crippen LogP contribution in [0.4, 0.5) is 0 Å². The summed E-state index contributed by atoms with van der Waals surface area (Å²) in [6.45, 7) is 0.181. The molecule has 128 valence electrons. The number of hydrogen-bond donors (Lipinski definition) is 0. The van der Waals surface area contributed by atoms with E-state index in [0.29, 0.717) is 15.2 Å². The van der Waals surface area contributed by atoms with Crippen LogP contribution in [0.3, 0.4) is 0 Å². The molecule has 4 aromatic rings. The first-order chi connectivity index (χ1) is 12.6. The second kappa shape index (κ2) is 7.17. The first kappa shape index (κ1) is 17.8. The van der Waals surface area contributed by atoms with Gasteiger partial charge in [0.1, 0.15) is 12.4 Å². The van der Waals surface area contributed by atoms with E-state index in [1.54, 1.807) is 4.40 Å². The molecule has 2 aromatic carbocycles. The number of thiazole rings is 1. The van der Waals surface area contributed by atoms with Gasteiger partial charge in [-0.3, -0.25) is 4.79 Å². The van der Waals surface area contributed by atoms with Gasteiger partial charge >= 0.3 is 0 Å². The summed E-state index contributed by atoms with van der Waals surface area (Å²) in [4.78, 5) is 18.2. The number of rotatable bonds is 3. The van der Waals surface area contributed by atoms with E-state index in [9.17, 15) is 4.79 Å². The maximum Gasteiger partial charge on any atom is 0.274 e. The molecule has 0 aliphatic rings. The van der Waals surface area contributed by atoms with Crippen LogP contribution >= 0.6 is 56.5 Å². The van der Waals surface area contributed by atoms with Crippen LogP contribution in [0.5, 0.6) is 5.75 Å². The smallest absolute Gasteiger partial charge is 0.274 e. The minimum atomic E-state index is -0.0736. The van der Waals surface area contributed by atoms with Crippen LogP contribution < -0.4 is 14.8 Å². The van der Waals surface area contributed by atoms with Crippen molar-refractivity contribution < 1.29 is 4.74 Å². The Labute approximate surface area is 180 Å². The van der Waals surface area contributed by atoms with Crippen molar-refractivity contribution in [3.63, 3.8) is 0 Å². The van der Waals surface area contributed by atoms with E-state index in [4.69, 9.17) is 11.2 Å². The summed E-state index contributed by atoms with van der Waals surface area (Å²) in [5.74, 6) is 3.18. The Morgan fingerprint density at radius 1 is 1.31 bits per heavy atom. The number of benzene rings is 2. The highest BCUT2D eigenvalue weighted by Crippen LogP contribution is 2.29. The summed E-state index contributed by atoms with van der Waals surface area (Å²) in [5.41, 5.74) is 2.41. The van der Waals surface area contributed by atoms with E-state index >= 15 is 0 Å². The van der Waals surface area contributed by atoms with Gasteiger partial charge in [0.05, 0.1) is 19.1 Å². The Balaban J connectivity index is 1.96. The molecule has 0 unspecified atom stereocenters. The van der Waals surface area contributed by atoms with Crippen molar-refractivity contribution in [3.8, 4) is 18.1 Å². The van der Waals surface area contributed by atoms with Crippen molar-refractivity contribution in [2.75, 3.05) is 6.61 Å². The van der Waals surface area contributed by atoms with Gasteiger partial charge in [-0.25, -0.2) is 9.38 Å². The zero-order chi connectivity index (χ0) is 18.3. The quantitative estimate of drug-likeness (QED) is 0.273. The van der Waals surface area contributed by atoms with Gasteiger partial charge in [0.25, 0.3) is 5.56 Å². The molecule has 2 aromatic heterocycles. The Morgan fingerprint density at radius 2 is 2.12 bits per heavy atom. The molecule has 0 saturated heterocycles. The molecule has 0 spiro atoms. The minimum Gasteiger partial charge on any atom is -0.479 e. The molecule has 26 heavy (non-hydrogen) atoms. The van der Waals surface area contributed by atoms with Gasteiger partial charge in [-0.1, -0.05) is 29.4 Å². The van der Waals surface area contributed by atoms with Crippen LogP contribution in [-0.4, -0.2) is 16.0 Å². The molecule has 0 saturated carbocycles. The van der Waals surface area contributed by atoms with E-state index in [-0.39, 0.29) is 12.2 Å². The topological polar surface area (TPSA) is 43.6 Å².